The molecule has 4 N–H and O–H groups in total. The van der Waals surface area contributed by atoms with Crippen LogP contribution < -0.4 is 16.4 Å². The van der Waals surface area contributed by atoms with E-state index in [1.54, 1.807) is 18.3 Å². The molecule has 1 saturated carbocycles. The molecule has 1 aromatic carbocycles. The van der Waals surface area contributed by atoms with Crippen molar-refractivity contribution in [1.29, 1.82) is 0 Å². The highest BCUT2D eigenvalue weighted by molar-refractivity contribution is 6.32. The SMILES string of the molecule is Nc1ccc(C(=O)N[C@H]2CCC[C@@H](Nc3ncc(Cl)c(C4=CCc5ccccc54)n3)C2)nn1. The van der Waals surface area contributed by atoms with E-state index in [0.717, 1.165) is 48.9 Å². The highest BCUT2D eigenvalue weighted by Gasteiger charge is 2.25. The van der Waals surface area contributed by atoms with Gasteiger partial charge in [-0.05, 0) is 55.4 Å². The highest BCUT2D eigenvalue weighted by Crippen LogP contribution is 2.35. The van der Waals surface area contributed by atoms with Crippen LogP contribution in [0.4, 0.5) is 11.8 Å². The number of rotatable bonds is 5. The topological polar surface area (TPSA) is 119 Å². The second-order valence-electron chi connectivity index (χ2n) is 8.39. The van der Waals surface area contributed by atoms with Crippen molar-refractivity contribution >= 4 is 34.8 Å². The van der Waals surface area contributed by atoms with Crippen LogP contribution in [0.1, 0.15) is 53.0 Å². The Morgan fingerprint density at radius 2 is 1.94 bits per heavy atom. The minimum atomic E-state index is -0.245. The highest BCUT2D eigenvalue weighted by atomic mass is 35.5. The molecule has 0 saturated heterocycles. The lowest BCUT2D eigenvalue weighted by Gasteiger charge is -2.30. The van der Waals surface area contributed by atoms with E-state index >= 15 is 0 Å². The summed E-state index contributed by atoms with van der Waals surface area (Å²) in [6, 6.07) is 11.6. The number of nitrogens with one attached hydrogen (secondary N) is 2. The van der Waals surface area contributed by atoms with Crippen LogP contribution >= 0.6 is 11.6 Å². The fourth-order valence-electron chi connectivity index (χ4n) is 4.49. The molecule has 5 rings (SSSR count). The number of fused-ring (bicyclic) bond motifs is 1. The van der Waals surface area contributed by atoms with Crippen LogP contribution in [0, 0.1) is 0 Å². The molecule has 0 radical (unpaired) electrons. The van der Waals surface area contributed by atoms with E-state index in [9.17, 15) is 4.79 Å². The number of nitrogens with two attached hydrogens (primary N) is 1. The first-order valence-electron chi connectivity index (χ1n) is 11.0. The molecule has 1 amide bonds. The number of aromatic nitrogens is 4. The molecule has 33 heavy (non-hydrogen) atoms. The summed E-state index contributed by atoms with van der Waals surface area (Å²) < 4.78 is 0. The van der Waals surface area contributed by atoms with Gasteiger partial charge in [0.2, 0.25) is 5.95 Å². The molecule has 0 unspecified atom stereocenters. The molecule has 2 aliphatic rings. The molecule has 1 fully saturated rings. The Balaban J connectivity index is 1.26. The lowest BCUT2D eigenvalue weighted by molar-refractivity contribution is 0.0920. The normalized spacial score (nSPS) is 19.5. The quantitative estimate of drug-likeness (QED) is 0.530. The summed E-state index contributed by atoms with van der Waals surface area (Å²) in [6.07, 6.45) is 8.31. The number of carbonyl (C=O) groups is 1. The second kappa shape index (κ2) is 9.15. The van der Waals surface area contributed by atoms with Crippen LogP contribution in [0.15, 0.2) is 48.7 Å². The van der Waals surface area contributed by atoms with E-state index in [1.807, 2.05) is 12.1 Å². The molecule has 2 aliphatic carbocycles. The molecule has 2 aromatic heterocycles. The number of hydrogen-bond donors (Lipinski definition) is 3. The molecule has 8 nitrogen and oxygen atoms in total. The van der Waals surface area contributed by atoms with E-state index < -0.39 is 0 Å². The Labute approximate surface area is 196 Å². The van der Waals surface area contributed by atoms with Crippen molar-refractivity contribution in [2.45, 2.75) is 44.2 Å². The third-order valence-corrected chi connectivity index (χ3v) is 6.37. The fraction of sp³-hybridized carbons (Fsp3) is 0.292. The lowest BCUT2D eigenvalue weighted by Crippen LogP contribution is -2.42. The van der Waals surface area contributed by atoms with Crippen LogP contribution in [0.5, 0.6) is 0 Å². The van der Waals surface area contributed by atoms with Crippen molar-refractivity contribution in [2.75, 3.05) is 11.1 Å². The minimum absolute atomic E-state index is 0.0271. The number of hydrogen-bond acceptors (Lipinski definition) is 7. The first kappa shape index (κ1) is 21.3. The molecular formula is C24H24ClN7O. The van der Waals surface area contributed by atoms with Crippen LogP contribution in [0.2, 0.25) is 5.02 Å². The molecule has 168 valence electrons. The summed E-state index contributed by atoms with van der Waals surface area (Å²) in [5.74, 6) is 0.582. The first-order valence-corrected chi connectivity index (χ1v) is 11.4. The summed E-state index contributed by atoms with van der Waals surface area (Å²) >= 11 is 6.47. The van der Waals surface area contributed by atoms with Crippen LogP contribution in [0.25, 0.3) is 5.57 Å². The summed E-state index contributed by atoms with van der Waals surface area (Å²) in [4.78, 5) is 21.7. The maximum absolute atomic E-state index is 12.5. The first-order chi connectivity index (χ1) is 16.1. The van der Waals surface area contributed by atoms with Gasteiger partial charge in [0, 0.05) is 17.7 Å². The van der Waals surface area contributed by atoms with Gasteiger partial charge in [0.15, 0.2) is 5.69 Å². The Hall–Kier alpha value is -3.52. The van der Waals surface area contributed by atoms with Crippen molar-refractivity contribution < 1.29 is 4.79 Å². The number of nitrogen functional groups attached to an aromatic ring is 1. The summed E-state index contributed by atoms with van der Waals surface area (Å²) in [6.45, 7) is 0. The van der Waals surface area contributed by atoms with Crippen LogP contribution in [-0.4, -0.2) is 38.2 Å². The van der Waals surface area contributed by atoms with Crippen LogP contribution in [0.3, 0.4) is 0 Å². The van der Waals surface area contributed by atoms with Gasteiger partial charge in [0.05, 0.1) is 16.9 Å². The van der Waals surface area contributed by atoms with E-state index in [0.29, 0.717) is 11.0 Å². The summed E-state index contributed by atoms with van der Waals surface area (Å²) in [5.41, 5.74) is 10.0. The van der Waals surface area contributed by atoms with Gasteiger partial charge in [-0.1, -0.05) is 41.9 Å². The number of carbonyl (C=O) groups excluding carboxylic acids is 1. The minimum Gasteiger partial charge on any atom is -0.382 e. The van der Waals surface area contributed by atoms with Gasteiger partial charge in [-0.3, -0.25) is 4.79 Å². The molecule has 3 aromatic rings. The Morgan fingerprint density at radius 3 is 2.79 bits per heavy atom. The second-order valence-corrected chi connectivity index (χ2v) is 8.80. The predicted octanol–water partition coefficient (Wildman–Crippen LogP) is 3.64. The average Bonchev–Trinajstić information content (AvgIpc) is 3.25. The van der Waals surface area contributed by atoms with Gasteiger partial charge in [0.25, 0.3) is 5.91 Å². The average molecular weight is 462 g/mol. The zero-order valence-electron chi connectivity index (χ0n) is 18.0. The monoisotopic (exact) mass is 461 g/mol. The van der Waals surface area contributed by atoms with Gasteiger partial charge >= 0.3 is 0 Å². The molecule has 0 aliphatic heterocycles. The third kappa shape index (κ3) is 4.66. The van der Waals surface area contributed by atoms with Crippen molar-refractivity contribution in [3.63, 3.8) is 0 Å². The molecule has 0 spiro atoms. The number of nitrogens with zero attached hydrogens (tertiary/aromatic N) is 4. The Morgan fingerprint density at radius 1 is 1.09 bits per heavy atom. The van der Waals surface area contributed by atoms with E-state index in [4.69, 9.17) is 22.3 Å². The van der Waals surface area contributed by atoms with Crippen molar-refractivity contribution in [1.82, 2.24) is 25.5 Å². The van der Waals surface area contributed by atoms with Crippen molar-refractivity contribution in [3.05, 3.63) is 76.2 Å². The third-order valence-electron chi connectivity index (χ3n) is 6.09. The van der Waals surface area contributed by atoms with Gasteiger partial charge in [-0.15, -0.1) is 10.2 Å². The van der Waals surface area contributed by atoms with E-state index in [-0.39, 0.29) is 29.5 Å². The van der Waals surface area contributed by atoms with Gasteiger partial charge in [-0.25, -0.2) is 9.97 Å². The summed E-state index contributed by atoms with van der Waals surface area (Å²) in [7, 11) is 0. The van der Waals surface area contributed by atoms with E-state index in [2.05, 4.69) is 44.0 Å². The maximum Gasteiger partial charge on any atom is 0.272 e. The molecule has 2 atom stereocenters. The van der Waals surface area contributed by atoms with Gasteiger partial charge in [0.1, 0.15) is 5.82 Å². The predicted molar refractivity (Wildman–Crippen MR) is 128 cm³/mol. The fourth-order valence-corrected chi connectivity index (χ4v) is 4.68. The molecule has 9 heteroatoms. The Kier molecular flexibility index (Phi) is 5.92. The zero-order chi connectivity index (χ0) is 22.8. The van der Waals surface area contributed by atoms with Crippen molar-refractivity contribution in [3.8, 4) is 0 Å². The van der Waals surface area contributed by atoms with Crippen LogP contribution in [-0.2, 0) is 6.42 Å². The summed E-state index contributed by atoms with van der Waals surface area (Å²) in [5, 5.41) is 14.6. The lowest BCUT2D eigenvalue weighted by atomic mass is 9.91. The molecule has 2 heterocycles. The molecule has 0 bridgehead atoms. The maximum atomic E-state index is 12.5. The smallest absolute Gasteiger partial charge is 0.272 e. The number of benzene rings is 1. The van der Waals surface area contributed by atoms with E-state index in [1.165, 1.54) is 5.56 Å². The zero-order valence-corrected chi connectivity index (χ0v) is 18.7. The number of allylic oxidation sites excluding steroid dienone is 1. The van der Waals surface area contributed by atoms with Gasteiger partial charge in [-0.2, -0.15) is 0 Å². The number of anilines is 2. The largest absolute Gasteiger partial charge is 0.382 e. The number of halogens is 1. The Bertz CT molecular complexity index is 1210. The standard InChI is InChI=1S/C24H24ClN7O/c25-19-13-27-24(30-22(19)18-9-8-14-4-1-2-7-17(14)18)29-16-6-3-5-15(12-16)28-23(33)20-10-11-21(26)32-31-20/h1-2,4,7,9-11,13,15-16H,3,5-6,8,12H2,(H2,26,32)(H,28,33)(H,27,29,30)/t15-,16+/m0/s1. The number of amides is 1. The molecular weight excluding hydrogens is 438 g/mol. The van der Waals surface area contributed by atoms with Crippen molar-refractivity contribution in [2.24, 2.45) is 0 Å². The van der Waals surface area contributed by atoms with Gasteiger partial charge < -0.3 is 16.4 Å².